The molecule has 0 aromatic heterocycles. The van der Waals surface area contributed by atoms with Gasteiger partial charge in [0.1, 0.15) is 12.1 Å². The number of aliphatic carboxylic acids is 1. The van der Waals surface area contributed by atoms with E-state index in [-0.39, 0.29) is 12.0 Å². The van der Waals surface area contributed by atoms with E-state index in [0.717, 1.165) is 0 Å². The molecule has 96 valence electrons. The van der Waals surface area contributed by atoms with Crippen LogP contribution in [-0.2, 0) is 4.79 Å². The number of nitrogens with zero attached hydrogens (tertiary/aromatic N) is 2. The van der Waals surface area contributed by atoms with Gasteiger partial charge in [-0.05, 0) is 18.2 Å². The third-order valence-corrected chi connectivity index (χ3v) is 3.09. The second-order valence-electron chi connectivity index (χ2n) is 4.56. The number of anilines is 1. The molecule has 6 nitrogen and oxygen atoms in total. The number of rotatable bonds is 4. The molecule has 1 heterocycles. The number of benzene rings is 1. The Balaban J connectivity index is 2.22. The van der Waals surface area contributed by atoms with Gasteiger partial charge in [-0.25, -0.2) is 0 Å². The van der Waals surface area contributed by atoms with Crippen LogP contribution in [0.3, 0.4) is 0 Å². The predicted octanol–water partition coefficient (Wildman–Crippen LogP) is 0.659. The lowest BCUT2D eigenvalue weighted by atomic mass is 9.88. The maximum Gasteiger partial charge on any atom is 0.305 e. The summed E-state index contributed by atoms with van der Waals surface area (Å²) in [6, 6.07) is 8.70. The highest BCUT2D eigenvalue weighted by Gasteiger charge is 2.39. The number of carboxylic acid groups (broad SMARTS) is 1. The van der Waals surface area contributed by atoms with Crippen molar-refractivity contribution >= 4 is 11.7 Å². The molecule has 0 amide bonds. The van der Waals surface area contributed by atoms with Crippen molar-refractivity contribution in [2.24, 2.45) is 0 Å². The Morgan fingerprint density at radius 2 is 2.05 bits per heavy atom. The number of nitriles is 2. The van der Waals surface area contributed by atoms with Gasteiger partial charge in [0.25, 0.3) is 0 Å². The average molecular weight is 256 g/mol. The Morgan fingerprint density at radius 1 is 1.37 bits per heavy atom. The van der Waals surface area contributed by atoms with Crippen molar-refractivity contribution in [2.45, 2.75) is 12.0 Å². The first-order valence-corrected chi connectivity index (χ1v) is 5.73. The summed E-state index contributed by atoms with van der Waals surface area (Å²) < 4.78 is 0. The minimum absolute atomic E-state index is 0.00187. The lowest BCUT2D eigenvalue weighted by Gasteiger charge is -2.43. The molecule has 1 aliphatic heterocycles. The Labute approximate surface area is 110 Å². The Hall–Kier alpha value is -2.57. The van der Waals surface area contributed by atoms with Gasteiger partial charge in [-0.15, -0.1) is 0 Å². The van der Waals surface area contributed by atoms with Crippen LogP contribution in [0.1, 0.15) is 17.5 Å². The zero-order valence-electron chi connectivity index (χ0n) is 10.1. The van der Waals surface area contributed by atoms with Gasteiger partial charge >= 0.3 is 5.97 Å². The molecule has 1 saturated heterocycles. The molecule has 0 aliphatic carbocycles. The van der Waals surface area contributed by atoms with Gasteiger partial charge in [0, 0.05) is 18.8 Å². The van der Waals surface area contributed by atoms with Gasteiger partial charge in [-0.2, -0.15) is 10.5 Å². The summed E-state index contributed by atoms with van der Waals surface area (Å²) in [7, 11) is 0. The lowest BCUT2D eigenvalue weighted by Crippen LogP contribution is -2.65. The molecular weight excluding hydrogens is 244 g/mol. The van der Waals surface area contributed by atoms with Gasteiger partial charge in [0.2, 0.25) is 0 Å². The van der Waals surface area contributed by atoms with Crippen LogP contribution in [0.2, 0.25) is 0 Å². The lowest BCUT2D eigenvalue weighted by molar-refractivity contribution is -0.138. The molecule has 1 aromatic rings. The molecule has 19 heavy (non-hydrogen) atoms. The zero-order chi connectivity index (χ0) is 13.9. The summed E-state index contributed by atoms with van der Waals surface area (Å²) in [6.07, 6.45) is 0.00187. The number of hydrogen-bond donors (Lipinski definition) is 3. The number of carbonyl (C=O) groups is 1. The van der Waals surface area contributed by atoms with Crippen molar-refractivity contribution in [1.82, 2.24) is 5.32 Å². The molecule has 0 atom stereocenters. The quantitative estimate of drug-likeness (QED) is 0.730. The number of nitrogens with one attached hydrogen (secondary N) is 2. The van der Waals surface area contributed by atoms with E-state index in [2.05, 4.69) is 10.6 Å². The minimum Gasteiger partial charge on any atom is -0.481 e. The third kappa shape index (κ3) is 2.65. The van der Waals surface area contributed by atoms with E-state index >= 15 is 0 Å². The van der Waals surface area contributed by atoms with Crippen LogP contribution >= 0.6 is 0 Å². The molecule has 0 spiro atoms. The Kier molecular flexibility index (Phi) is 3.37. The fraction of sp³-hybridized carbons (Fsp3) is 0.308. The van der Waals surface area contributed by atoms with Crippen molar-refractivity contribution in [3.8, 4) is 12.1 Å². The van der Waals surface area contributed by atoms with E-state index in [1.807, 2.05) is 12.1 Å². The molecular formula is C13H12N4O2. The first kappa shape index (κ1) is 12.9. The normalized spacial score (nSPS) is 15.7. The Morgan fingerprint density at radius 3 is 2.53 bits per heavy atom. The highest BCUT2D eigenvalue weighted by molar-refractivity contribution is 5.70. The van der Waals surface area contributed by atoms with Crippen LogP contribution in [0.5, 0.6) is 0 Å². The molecule has 1 aliphatic rings. The molecule has 0 saturated carbocycles. The van der Waals surface area contributed by atoms with Gasteiger partial charge in [-0.1, -0.05) is 0 Å². The standard InChI is InChI=1S/C13H12N4O2/c14-5-9-1-2-11(3-10(9)6-15)17-13(4-12(18)19)7-16-8-13/h1-3,16-17H,4,7-8H2,(H,18,19). The molecule has 0 unspecified atom stereocenters. The van der Waals surface area contributed by atoms with Crippen molar-refractivity contribution in [3.63, 3.8) is 0 Å². The van der Waals surface area contributed by atoms with Gasteiger partial charge < -0.3 is 15.7 Å². The zero-order valence-corrected chi connectivity index (χ0v) is 10.1. The smallest absolute Gasteiger partial charge is 0.305 e. The van der Waals surface area contributed by atoms with E-state index < -0.39 is 11.5 Å². The van der Waals surface area contributed by atoms with Crippen LogP contribution in [0.15, 0.2) is 18.2 Å². The van der Waals surface area contributed by atoms with Crippen LogP contribution in [0, 0.1) is 22.7 Å². The molecule has 6 heteroatoms. The first-order chi connectivity index (χ1) is 9.08. The summed E-state index contributed by atoms with van der Waals surface area (Å²) >= 11 is 0. The van der Waals surface area contributed by atoms with Crippen molar-refractivity contribution in [3.05, 3.63) is 29.3 Å². The monoisotopic (exact) mass is 256 g/mol. The molecule has 0 bridgehead atoms. The summed E-state index contributed by atoms with van der Waals surface area (Å²) in [5.41, 5.74) is 0.725. The first-order valence-electron chi connectivity index (χ1n) is 5.73. The number of hydrogen-bond acceptors (Lipinski definition) is 5. The van der Waals surface area contributed by atoms with Crippen LogP contribution in [0.4, 0.5) is 5.69 Å². The average Bonchev–Trinajstić information content (AvgIpc) is 2.35. The minimum atomic E-state index is -0.872. The second-order valence-corrected chi connectivity index (χ2v) is 4.56. The van der Waals surface area contributed by atoms with E-state index in [1.54, 1.807) is 18.2 Å². The van der Waals surface area contributed by atoms with Gasteiger partial charge in [0.05, 0.1) is 23.1 Å². The summed E-state index contributed by atoms with van der Waals surface area (Å²) in [5.74, 6) is -0.872. The number of carboxylic acids is 1. The third-order valence-electron chi connectivity index (χ3n) is 3.09. The highest BCUT2D eigenvalue weighted by Crippen LogP contribution is 2.24. The fourth-order valence-electron chi connectivity index (χ4n) is 2.09. The molecule has 1 aromatic carbocycles. The Bertz CT molecular complexity index is 594. The van der Waals surface area contributed by atoms with Crippen molar-refractivity contribution in [2.75, 3.05) is 18.4 Å². The van der Waals surface area contributed by atoms with Gasteiger partial charge in [-0.3, -0.25) is 4.79 Å². The summed E-state index contributed by atoms with van der Waals surface area (Å²) in [6.45, 7) is 1.11. The molecule has 0 radical (unpaired) electrons. The SMILES string of the molecule is N#Cc1ccc(NC2(CC(=O)O)CNC2)cc1C#N. The molecule has 1 fully saturated rings. The molecule has 3 N–H and O–H groups in total. The van der Waals surface area contributed by atoms with Gasteiger partial charge in [0.15, 0.2) is 0 Å². The second kappa shape index (κ2) is 4.97. The highest BCUT2D eigenvalue weighted by atomic mass is 16.4. The topological polar surface area (TPSA) is 109 Å². The van der Waals surface area contributed by atoms with Crippen molar-refractivity contribution in [1.29, 1.82) is 10.5 Å². The summed E-state index contributed by atoms with van der Waals surface area (Å²) in [5, 5.41) is 32.9. The van der Waals surface area contributed by atoms with Crippen LogP contribution < -0.4 is 10.6 Å². The van der Waals surface area contributed by atoms with E-state index in [9.17, 15) is 4.79 Å². The maximum absolute atomic E-state index is 10.9. The van der Waals surface area contributed by atoms with E-state index in [0.29, 0.717) is 24.3 Å². The van der Waals surface area contributed by atoms with Crippen LogP contribution in [0.25, 0.3) is 0 Å². The van der Waals surface area contributed by atoms with E-state index in [4.69, 9.17) is 15.6 Å². The maximum atomic E-state index is 10.9. The molecule has 2 rings (SSSR count). The summed E-state index contributed by atoms with van der Waals surface area (Å²) in [4.78, 5) is 10.9. The largest absolute Gasteiger partial charge is 0.481 e. The predicted molar refractivity (Wildman–Crippen MR) is 67.3 cm³/mol. The fourth-order valence-corrected chi connectivity index (χ4v) is 2.09. The van der Waals surface area contributed by atoms with E-state index in [1.165, 1.54) is 0 Å². The van der Waals surface area contributed by atoms with Crippen molar-refractivity contribution < 1.29 is 9.90 Å². The van der Waals surface area contributed by atoms with Crippen LogP contribution in [-0.4, -0.2) is 29.7 Å².